The van der Waals surface area contributed by atoms with Crippen molar-refractivity contribution in [3.05, 3.63) is 23.9 Å². The summed E-state index contributed by atoms with van der Waals surface area (Å²) in [5, 5.41) is 5.88. The van der Waals surface area contributed by atoms with Gasteiger partial charge in [-0.3, -0.25) is 9.59 Å². The molecule has 1 aliphatic rings. The summed E-state index contributed by atoms with van der Waals surface area (Å²) in [7, 11) is 0. The molecule has 1 aromatic heterocycles. The van der Waals surface area contributed by atoms with Crippen molar-refractivity contribution in [2.75, 3.05) is 12.3 Å². The Balaban J connectivity index is 1.62. The van der Waals surface area contributed by atoms with Gasteiger partial charge in [0.2, 0.25) is 11.8 Å². The number of pyridine rings is 1. The minimum atomic E-state index is -4.42. The first-order valence-electron chi connectivity index (χ1n) is 8.06. The smallest absolute Gasteiger partial charge is 0.355 e. The molecule has 0 atom stereocenters. The van der Waals surface area contributed by atoms with Gasteiger partial charge in [0.1, 0.15) is 0 Å². The fourth-order valence-corrected chi connectivity index (χ4v) is 3.18. The maximum atomic E-state index is 12.4. The molecule has 1 fully saturated rings. The van der Waals surface area contributed by atoms with Gasteiger partial charge in [-0.2, -0.15) is 13.2 Å². The molecule has 0 aliphatic heterocycles. The number of aromatic nitrogens is 1. The summed E-state index contributed by atoms with van der Waals surface area (Å²) in [5.41, 5.74) is -0.824. The zero-order chi connectivity index (χ0) is 18.3. The first kappa shape index (κ1) is 19.6. The van der Waals surface area contributed by atoms with Gasteiger partial charge in [-0.15, -0.1) is 0 Å². The van der Waals surface area contributed by atoms with Crippen molar-refractivity contribution in [1.29, 1.82) is 0 Å². The SMILES string of the molecule is O=C(CSc1ccc(C(F)(F)F)cn1)NCCC(=O)NC1CCCC1. The molecule has 1 aromatic rings. The van der Waals surface area contributed by atoms with Gasteiger partial charge < -0.3 is 10.6 Å². The van der Waals surface area contributed by atoms with E-state index in [1.165, 1.54) is 6.07 Å². The number of nitrogens with zero attached hydrogens (tertiary/aromatic N) is 1. The Bertz CT molecular complexity index is 587. The highest BCUT2D eigenvalue weighted by Gasteiger charge is 2.30. The summed E-state index contributed by atoms with van der Waals surface area (Å²) in [6.07, 6.45) is 0.823. The molecule has 1 heterocycles. The molecule has 2 rings (SSSR count). The number of amides is 2. The van der Waals surface area contributed by atoms with Crippen LogP contribution in [0.5, 0.6) is 0 Å². The number of hydrogen-bond acceptors (Lipinski definition) is 4. The molecular formula is C16H20F3N3O2S. The van der Waals surface area contributed by atoms with E-state index in [-0.39, 0.29) is 36.6 Å². The van der Waals surface area contributed by atoms with Gasteiger partial charge in [0.25, 0.3) is 0 Å². The number of halogens is 3. The van der Waals surface area contributed by atoms with Crippen LogP contribution in [0.4, 0.5) is 13.2 Å². The van der Waals surface area contributed by atoms with Crippen LogP contribution < -0.4 is 10.6 Å². The van der Waals surface area contributed by atoms with Gasteiger partial charge in [-0.1, -0.05) is 24.6 Å². The van der Waals surface area contributed by atoms with Gasteiger partial charge in [-0.25, -0.2) is 4.98 Å². The van der Waals surface area contributed by atoms with Crippen molar-refractivity contribution < 1.29 is 22.8 Å². The van der Waals surface area contributed by atoms with Crippen LogP contribution in [0.3, 0.4) is 0 Å². The van der Waals surface area contributed by atoms with Crippen molar-refractivity contribution in [1.82, 2.24) is 15.6 Å². The van der Waals surface area contributed by atoms with E-state index in [2.05, 4.69) is 15.6 Å². The molecule has 1 aliphatic carbocycles. The zero-order valence-corrected chi connectivity index (χ0v) is 14.4. The Labute approximate surface area is 148 Å². The van der Waals surface area contributed by atoms with E-state index < -0.39 is 11.7 Å². The first-order valence-corrected chi connectivity index (χ1v) is 9.05. The second-order valence-corrected chi connectivity index (χ2v) is 6.82. The Morgan fingerprint density at radius 2 is 1.92 bits per heavy atom. The molecular weight excluding hydrogens is 355 g/mol. The van der Waals surface area contributed by atoms with Crippen LogP contribution in [0, 0.1) is 0 Å². The van der Waals surface area contributed by atoms with E-state index in [4.69, 9.17) is 0 Å². The number of carbonyl (C=O) groups excluding carboxylic acids is 2. The fourth-order valence-electron chi connectivity index (χ4n) is 2.51. The van der Waals surface area contributed by atoms with E-state index in [0.29, 0.717) is 5.03 Å². The molecule has 0 bridgehead atoms. The van der Waals surface area contributed by atoms with Crippen molar-refractivity contribution in [2.45, 2.75) is 49.3 Å². The average molecular weight is 375 g/mol. The van der Waals surface area contributed by atoms with Gasteiger partial charge >= 0.3 is 6.18 Å². The topological polar surface area (TPSA) is 71.1 Å². The summed E-state index contributed by atoms with van der Waals surface area (Å²) in [6.45, 7) is 0.235. The molecule has 0 radical (unpaired) electrons. The number of carbonyl (C=O) groups is 2. The minimum Gasteiger partial charge on any atom is -0.355 e. The number of hydrogen-bond donors (Lipinski definition) is 2. The number of alkyl halides is 3. The van der Waals surface area contributed by atoms with Crippen molar-refractivity contribution in [3.8, 4) is 0 Å². The summed E-state index contributed by atoms with van der Waals surface area (Å²) in [6, 6.07) is 2.42. The van der Waals surface area contributed by atoms with Crippen LogP contribution in [0.15, 0.2) is 23.4 Å². The third-order valence-electron chi connectivity index (χ3n) is 3.81. The monoisotopic (exact) mass is 375 g/mol. The predicted molar refractivity (Wildman–Crippen MR) is 88.0 cm³/mol. The lowest BCUT2D eigenvalue weighted by molar-refractivity contribution is -0.138. The minimum absolute atomic E-state index is 0.0304. The van der Waals surface area contributed by atoms with Gasteiger partial charge in [0.15, 0.2) is 0 Å². The number of nitrogens with one attached hydrogen (secondary N) is 2. The number of rotatable bonds is 7. The van der Waals surface area contributed by atoms with Crippen molar-refractivity contribution in [2.24, 2.45) is 0 Å². The third-order valence-corrected chi connectivity index (χ3v) is 4.75. The van der Waals surface area contributed by atoms with Crippen LogP contribution in [-0.4, -0.2) is 35.1 Å². The van der Waals surface area contributed by atoms with Crippen molar-refractivity contribution >= 4 is 23.6 Å². The molecule has 25 heavy (non-hydrogen) atoms. The fraction of sp³-hybridized carbons (Fsp3) is 0.562. The van der Waals surface area contributed by atoms with Crippen LogP contribution in [-0.2, 0) is 15.8 Å². The van der Waals surface area contributed by atoms with Crippen LogP contribution in [0.25, 0.3) is 0 Å². The van der Waals surface area contributed by atoms with E-state index in [1.54, 1.807) is 0 Å². The highest BCUT2D eigenvalue weighted by molar-refractivity contribution is 7.99. The summed E-state index contributed by atoms with van der Waals surface area (Å²) < 4.78 is 37.3. The predicted octanol–water partition coefficient (Wildman–Crippen LogP) is 2.76. The summed E-state index contributed by atoms with van der Waals surface area (Å²) in [5.74, 6) is -0.340. The lowest BCUT2D eigenvalue weighted by Gasteiger charge is -2.12. The van der Waals surface area contributed by atoms with Gasteiger partial charge in [0.05, 0.1) is 16.3 Å². The van der Waals surface area contributed by atoms with E-state index in [1.807, 2.05) is 0 Å². The van der Waals surface area contributed by atoms with E-state index in [0.717, 1.165) is 49.7 Å². The molecule has 2 amide bonds. The maximum Gasteiger partial charge on any atom is 0.417 e. The Hall–Kier alpha value is -1.77. The molecule has 0 unspecified atom stereocenters. The molecule has 0 spiro atoms. The van der Waals surface area contributed by atoms with Crippen LogP contribution in [0.2, 0.25) is 0 Å². The van der Waals surface area contributed by atoms with E-state index in [9.17, 15) is 22.8 Å². The van der Waals surface area contributed by atoms with Crippen molar-refractivity contribution in [3.63, 3.8) is 0 Å². The quantitative estimate of drug-likeness (QED) is 0.719. The number of thioether (sulfide) groups is 1. The largest absolute Gasteiger partial charge is 0.417 e. The standard InChI is InChI=1S/C16H20F3N3O2S/c17-16(18,19)11-5-6-15(21-9-11)25-10-14(24)20-8-7-13(23)22-12-3-1-2-4-12/h5-6,9,12H,1-4,7-8,10H2,(H,20,24)(H,22,23). The van der Waals surface area contributed by atoms with Gasteiger partial charge in [0, 0.05) is 25.2 Å². The normalized spacial score (nSPS) is 15.2. The molecule has 2 N–H and O–H groups in total. The molecule has 0 saturated heterocycles. The summed E-state index contributed by atoms with van der Waals surface area (Å²) >= 11 is 1.04. The maximum absolute atomic E-state index is 12.4. The lowest BCUT2D eigenvalue weighted by atomic mass is 10.2. The van der Waals surface area contributed by atoms with Gasteiger partial charge in [-0.05, 0) is 25.0 Å². The average Bonchev–Trinajstić information content (AvgIpc) is 3.05. The summed E-state index contributed by atoms with van der Waals surface area (Å²) in [4.78, 5) is 27.1. The highest BCUT2D eigenvalue weighted by Crippen LogP contribution is 2.29. The molecule has 5 nitrogen and oxygen atoms in total. The zero-order valence-electron chi connectivity index (χ0n) is 13.6. The molecule has 9 heteroatoms. The van der Waals surface area contributed by atoms with Crippen LogP contribution in [0.1, 0.15) is 37.7 Å². The van der Waals surface area contributed by atoms with Crippen LogP contribution >= 0.6 is 11.8 Å². The van der Waals surface area contributed by atoms with E-state index >= 15 is 0 Å². The second kappa shape index (κ2) is 9.07. The highest BCUT2D eigenvalue weighted by atomic mass is 32.2. The molecule has 0 aromatic carbocycles. The first-order chi connectivity index (χ1) is 11.8. The Morgan fingerprint density at radius 3 is 2.52 bits per heavy atom. The molecule has 1 saturated carbocycles. The third kappa shape index (κ3) is 6.93. The Kier molecular flexibility index (Phi) is 7.10. The molecule has 138 valence electrons. The lowest BCUT2D eigenvalue weighted by Crippen LogP contribution is -2.36. The second-order valence-electron chi connectivity index (χ2n) is 5.82. The Morgan fingerprint density at radius 1 is 1.20 bits per heavy atom.